The van der Waals surface area contributed by atoms with Gasteiger partial charge < -0.3 is 4.90 Å². The molecule has 3 heterocycles. The van der Waals surface area contributed by atoms with Crippen molar-refractivity contribution < 1.29 is 8.78 Å². The molecule has 8 heteroatoms. The van der Waals surface area contributed by atoms with Gasteiger partial charge in [0.2, 0.25) is 0 Å². The molecule has 1 fully saturated rings. The molecule has 1 saturated heterocycles. The first-order valence-electron chi connectivity index (χ1n) is 9.53. The molecule has 0 saturated carbocycles. The Bertz CT molecular complexity index is 994. The molecular weight excluding hydrogens is 374 g/mol. The zero-order valence-electron chi connectivity index (χ0n) is 16.2. The van der Waals surface area contributed by atoms with Crippen molar-refractivity contribution in [2.24, 2.45) is 0 Å². The van der Waals surface area contributed by atoms with Gasteiger partial charge >= 0.3 is 0 Å². The Labute approximate surface area is 168 Å². The van der Waals surface area contributed by atoms with Gasteiger partial charge in [0.25, 0.3) is 5.95 Å². The van der Waals surface area contributed by atoms with Gasteiger partial charge in [0.1, 0.15) is 11.6 Å². The lowest BCUT2D eigenvalue weighted by Crippen LogP contribution is -2.46. The minimum atomic E-state index is -0.413. The first-order chi connectivity index (χ1) is 14.1. The van der Waals surface area contributed by atoms with Gasteiger partial charge in [-0.25, -0.2) is 23.4 Å². The van der Waals surface area contributed by atoms with Crippen LogP contribution in [0.1, 0.15) is 11.3 Å². The summed E-state index contributed by atoms with van der Waals surface area (Å²) in [6.45, 7) is 5.67. The maximum Gasteiger partial charge on any atom is 0.250 e. The Morgan fingerprint density at radius 1 is 1.07 bits per heavy atom. The Morgan fingerprint density at radius 3 is 2.59 bits per heavy atom. The largest absolute Gasteiger partial charge is 0.367 e. The van der Waals surface area contributed by atoms with Crippen LogP contribution in [0.5, 0.6) is 0 Å². The summed E-state index contributed by atoms with van der Waals surface area (Å²) in [5, 5.41) is 4.36. The van der Waals surface area contributed by atoms with Crippen LogP contribution in [0, 0.1) is 18.6 Å². The second-order valence-electron chi connectivity index (χ2n) is 6.93. The third-order valence-corrected chi connectivity index (χ3v) is 5.07. The lowest BCUT2D eigenvalue weighted by Gasteiger charge is -2.35. The number of hydrogen-bond donors (Lipinski definition) is 0. The Hall–Kier alpha value is -3.13. The van der Waals surface area contributed by atoms with Crippen LogP contribution < -0.4 is 4.90 Å². The first-order valence-corrected chi connectivity index (χ1v) is 9.53. The van der Waals surface area contributed by atoms with Gasteiger partial charge in [-0.05, 0) is 25.1 Å². The van der Waals surface area contributed by atoms with E-state index in [0.717, 1.165) is 37.0 Å². The summed E-state index contributed by atoms with van der Waals surface area (Å²) >= 11 is 0. The van der Waals surface area contributed by atoms with Gasteiger partial charge in [0.15, 0.2) is 0 Å². The Kier molecular flexibility index (Phi) is 5.62. The monoisotopic (exact) mass is 396 g/mol. The highest BCUT2D eigenvalue weighted by Gasteiger charge is 2.19. The fourth-order valence-corrected chi connectivity index (χ4v) is 3.42. The zero-order chi connectivity index (χ0) is 20.2. The van der Waals surface area contributed by atoms with E-state index >= 15 is 0 Å². The quantitative estimate of drug-likeness (QED) is 0.663. The lowest BCUT2D eigenvalue weighted by atomic mass is 10.2. The minimum absolute atomic E-state index is 0.339. The number of nitrogens with zero attached hydrogens (tertiary/aromatic N) is 6. The fourth-order valence-electron chi connectivity index (χ4n) is 3.42. The van der Waals surface area contributed by atoms with Gasteiger partial charge in [-0.3, -0.25) is 4.90 Å². The average Bonchev–Trinajstić information content (AvgIpc) is 3.11. The van der Waals surface area contributed by atoms with Crippen LogP contribution in [0.15, 0.2) is 48.9 Å². The maximum absolute atomic E-state index is 14.0. The van der Waals surface area contributed by atoms with Crippen molar-refractivity contribution in [2.75, 3.05) is 37.6 Å². The summed E-state index contributed by atoms with van der Waals surface area (Å²) in [7, 11) is 0. The molecule has 1 aliphatic rings. The Morgan fingerprint density at radius 2 is 1.83 bits per heavy atom. The van der Waals surface area contributed by atoms with E-state index in [1.807, 2.05) is 17.9 Å². The molecule has 1 aliphatic heterocycles. The second-order valence-corrected chi connectivity index (χ2v) is 6.93. The van der Waals surface area contributed by atoms with Crippen molar-refractivity contribution in [3.05, 3.63) is 71.8 Å². The minimum Gasteiger partial charge on any atom is -0.367 e. The number of rotatable bonds is 5. The Balaban J connectivity index is 1.33. The van der Waals surface area contributed by atoms with Crippen molar-refractivity contribution in [1.82, 2.24) is 24.6 Å². The van der Waals surface area contributed by atoms with E-state index in [9.17, 15) is 8.78 Å². The van der Waals surface area contributed by atoms with Gasteiger partial charge in [0, 0.05) is 56.7 Å². The number of hydrogen-bond acceptors (Lipinski definition) is 5. The van der Waals surface area contributed by atoms with Crippen molar-refractivity contribution in [2.45, 2.75) is 6.92 Å². The van der Waals surface area contributed by atoms with E-state index in [4.69, 9.17) is 0 Å². The van der Waals surface area contributed by atoms with Gasteiger partial charge in [-0.15, -0.1) is 0 Å². The highest BCUT2D eigenvalue weighted by Crippen LogP contribution is 2.22. The predicted molar refractivity (Wildman–Crippen MR) is 108 cm³/mol. The van der Waals surface area contributed by atoms with E-state index in [1.54, 1.807) is 29.3 Å². The molecule has 0 unspecified atom stereocenters. The average molecular weight is 396 g/mol. The molecule has 2 aromatic heterocycles. The summed E-state index contributed by atoms with van der Waals surface area (Å²) < 4.78 is 29.1. The molecule has 0 radical (unpaired) electrons. The van der Waals surface area contributed by atoms with Crippen LogP contribution in [-0.2, 0) is 0 Å². The van der Waals surface area contributed by atoms with Crippen LogP contribution in [0.3, 0.4) is 0 Å². The van der Waals surface area contributed by atoms with Crippen molar-refractivity contribution in [3.63, 3.8) is 0 Å². The molecule has 0 atom stereocenters. The van der Waals surface area contributed by atoms with E-state index in [0.29, 0.717) is 24.7 Å². The van der Waals surface area contributed by atoms with E-state index in [-0.39, 0.29) is 5.82 Å². The van der Waals surface area contributed by atoms with E-state index in [2.05, 4.69) is 26.0 Å². The molecule has 3 aromatic rings. The molecular formula is C21H22F2N6. The maximum atomic E-state index is 14.0. The van der Waals surface area contributed by atoms with E-state index in [1.165, 1.54) is 12.1 Å². The normalized spacial score (nSPS) is 15.3. The number of benzene rings is 1. The molecule has 0 spiro atoms. The fraction of sp³-hybridized carbons (Fsp3) is 0.286. The SMILES string of the molecule is Cc1c(/C=C/CN2CCN(c3cc(F)ccc3F)CC2)cnn1-c1ncccn1. The summed E-state index contributed by atoms with van der Waals surface area (Å²) in [5.41, 5.74) is 2.32. The predicted octanol–water partition coefficient (Wildman–Crippen LogP) is 3.08. The molecule has 0 N–H and O–H groups in total. The summed E-state index contributed by atoms with van der Waals surface area (Å²) in [6.07, 6.45) is 9.31. The van der Waals surface area contributed by atoms with Crippen LogP contribution in [-0.4, -0.2) is 57.4 Å². The molecule has 0 bridgehead atoms. The second kappa shape index (κ2) is 8.48. The molecule has 150 valence electrons. The third kappa shape index (κ3) is 4.32. The zero-order valence-corrected chi connectivity index (χ0v) is 16.2. The van der Waals surface area contributed by atoms with Gasteiger partial charge in [-0.2, -0.15) is 5.10 Å². The number of anilines is 1. The highest BCUT2D eigenvalue weighted by atomic mass is 19.1. The van der Waals surface area contributed by atoms with Crippen LogP contribution >= 0.6 is 0 Å². The number of piperazine rings is 1. The molecule has 29 heavy (non-hydrogen) atoms. The summed E-state index contributed by atoms with van der Waals surface area (Å²) in [4.78, 5) is 12.6. The first kappa shape index (κ1) is 19.2. The van der Waals surface area contributed by atoms with Gasteiger partial charge in [0.05, 0.1) is 17.6 Å². The third-order valence-electron chi connectivity index (χ3n) is 5.07. The topological polar surface area (TPSA) is 50.1 Å². The highest BCUT2D eigenvalue weighted by molar-refractivity contribution is 5.52. The van der Waals surface area contributed by atoms with Crippen LogP contribution in [0.2, 0.25) is 0 Å². The molecule has 6 nitrogen and oxygen atoms in total. The summed E-state index contributed by atoms with van der Waals surface area (Å²) in [6, 6.07) is 5.37. The van der Waals surface area contributed by atoms with Crippen molar-refractivity contribution in [1.29, 1.82) is 0 Å². The molecule has 1 aromatic carbocycles. The van der Waals surface area contributed by atoms with Crippen molar-refractivity contribution in [3.8, 4) is 5.95 Å². The molecule has 4 rings (SSSR count). The molecule has 0 aliphatic carbocycles. The van der Waals surface area contributed by atoms with Gasteiger partial charge in [-0.1, -0.05) is 12.2 Å². The summed E-state index contributed by atoms with van der Waals surface area (Å²) in [5.74, 6) is -0.247. The number of halogens is 2. The standard InChI is InChI=1S/C21H22F2N6/c1-16-17(15-26-29(16)21-24-7-3-8-25-21)4-2-9-27-10-12-28(13-11-27)20-14-18(22)5-6-19(20)23/h2-8,14-15H,9-13H2,1H3/b4-2+. The van der Waals surface area contributed by atoms with Crippen molar-refractivity contribution >= 4 is 11.8 Å². The lowest BCUT2D eigenvalue weighted by molar-refractivity contribution is 0.283. The smallest absolute Gasteiger partial charge is 0.250 e. The number of aromatic nitrogens is 4. The molecule has 0 amide bonds. The van der Waals surface area contributed by atoms with E-state index < -0.39 is 5.82 Å². The van der Waals surface area contributed by atoms with Crippen LogP contribution in [0.25, 0.3) is 12.0 Å². The van der Waals surface area contributed by atoms with Crippen LogP contribution in [0.4, 0.5) is 14.5 Å².